The number of halogens is 1. The number of thiazole rings is 1. The highest BCUT2D eigenvalue weighted by atomic mass is 32.2. The topological polar surface area (TPSA) is 78.7 Å². The second-order valence-corrected chi connectivity index (χ2v) is 6.77. The first-order valence-corrected chi connectivity index (χ1v) is 8.48. The van der Waals surface area contributed by atoms with E-state index in [1.165, 1.54) is 12.3 Å². The van der Waals surface area contributed by atoms with Gasteiger partial charge in [0.1, 0.15) is 21.9 Å². The van der Waals surface area contributed by atoms with Gasteiger partial charge in [-0.25, -0.2) is 9.37 Å². The lowest BCUT2D eigenvalue weighted by atomic mass is 10.3. The monoisotopic (exact) mass is 336 g/mol. The van der Waals surface area contributed by atoms with Gasteiger partial charge in [0, 0.05) is 23.4 Å². The molecular formula is C14H13FN4OS2. The molecule has 1 atom stereocenters. The van der Waals surface area contributed by atoms with E-state index in [4.69, 9.17) is 5.26 Å². The number of hydrogen-bond acceptors (Lipinski definition) is 6. The normalized spacial score (nSPS) is 11.7. The molecule has 2 rings (SSSR count). The summed E-state index contributed by atoms with van der Waals surface area (Å²) >= 11 is 2.72. The number of carbonyl (C=O) groups excluding carboxylic acids is 1. The first-order chi connectivity index (χ1) is 10.5. The van der Waals surface area contributed by atoms with Crippen molar-refractivity contribution < 1.29 is 9.18 Å². The van der Waals surface area contributed by atoms with Gasteiger partial charge >= 0.3 is 0 Å². The van der Waals surface area contributed by atoms with Crippen LogP contribution in [0.5, 0.6) is 0 Å². The van der Waals surface area contributed by atoms with E-state index in [1.54, 1.807) is 11.8 Å². The summed E-state index contributed by atoms with van der Waals surface area (Å²) < 4.78 is 13.2. The summed E-state index contributed by atoms with van der Waals surface area (Å²) in [6.07, 6.45) is 4.83. The second kappa shape index (κ2) is 7.33. The van der Waals surface area contributed by atoms with Crippen molar-refractivity contribution in [2.24, 2.45) is 0 Å². The molecule has 1 N–H and O–H groups in total. The molecule has 1 unspecified atom stereocenters. The fourth-order valence-electron chi connectivity index (χ4n) is 1.66. The summed E-state index contributed by atoms with van der Waals surface area (Å²) in [5, 5.41) is 12.8. The van der Waals surface area contributed by atoms with E-state index in [1.807, 2.05) is 19.2 Å². The van der Waals surface area contributed by atoms with Crippen LogP contribution in [0.1, 0.15) is 19.0 Å². The van der Waals surface area contributed by atoms with Crippen LogP contribution in [0.2, 0.25) is 0 Å². The average molecular weight is 336 g/mol. The molecule has 1 amide bonds. The molecule has 5 nitrogen and oxygen atoms in total. The molecule has 2 aromatic rings. The van der Waals surface area contributed by atoms with Crippen molar-refractivity contribution in [3.63, 3.8) is 0 Å². The average Bonchev–Trinajstić information content (AvgIpc) is 2.89. The molecule has 0 spiro atoms. The summed E-state index contributed by atoms with van der Waals surface area (Å²) in [6, 6.07) is 3.22. The third-order valence-corrected chi connectivity index (χ3v) is 4.80. The van der Waals surface area contributed by atoms with E-state index in [0.29, 0.717) is 22.0 Å². The third kappa shape index (κ3) is 4.02. The Hall–Kier alpha value is -1.98. The minimum absolute atomic E-state index is 0.120. The van der Waals surface area contributed by atoms with Crippen LogP contribution in [-0.4, -0.2) is 27.4 Å². The van der Waals surface area contributed by atoms with Gasteiger partial charge in [-0.2, -0.15) is 17.0 Å². The van der Waals surface area contributed by atoms with E-state index in [0.717, 1.165) is 17.5 Å². The summed E-state index contributed by atoms with van der Waals surface area (Å²) in [5.41, 5.74) is 0.592. The molecule has 2 heterocycles. The minimum atomic E-state index is -0.481. The predicted octanol–water partition coefficient (Wildman–Crippen LogP) is 3.30. The van der Waals surface area contributed by atoms with Gasteiger partial charge in [0.15, 0.2) is 5.69 Å². The zero-order valence-corrected chi connectivity index (χ0v) is 13.6. The molecule has 0 fully saturated rings. The van der Waals surface area contributed by atoms with Crippen molar-refractivity contribution in [2.45, 2.75) is 18.6 Å². The lowest BCUT2D eigenvalue weighted by molar-refractivity contribution is -0.116. The van der Waals surface area contributed by atoms with Crippen LogP contribution in [0, 0.1) is 17.1 Å². The van der Waals surface area contributed by atoms with Crippen LogP contribution in [0.4, 0.5) is 9.39 Å². The van der Waals surface area contributed by atoms with E-state index in [9.17, 15) is 9.18 Å². The highest BCUT2D eigenvalue weighted by Crippen LogP contribution is 2.32. The Balaban J connectivity index is 2.23. The zero-order chi connectivity index (χ0) is 16.1. The molecule has 0 saturated heterocycles. The Bertz CT molecular complexity index is 726. The summed E-state index contributed by atoms with van der Waals surface area (Å²) in [5.74, 6) is -0.656. The largest absolute Gasteiger partial charge is 0.315 e. The Morgan fingerprint density at radius 1 is 1.59 bits per heavy atom. The quantitative estimate of drug-likeness (QED) is 0.906. The van der Waals surface area contributed by atoms with Gasteiger partial charge in [-0.3, -0.25) is 9.78 Å². The highest BCUT2D eigenvalue weighted by molar-refractivity contribution is 7.99. The molecule has 2 aromatic heterocycles. The van der Waals surface area contributed by atoms with E-state index in [2.05, 4.69) is 15.3 Å². The van der Waals surface area contributed by atoms with Crippen molar-refractivity contribution in [3.05, 3.63) is 30.0 Å². The summed E-state index contributed by atoms with van der Waals surface area (Å²) in [6.45, 7) is 1.95. The Morgan fingerprint density at radius 3 is 3.00 bits per heavy atom. The molecule has 8 heteroatoms. The number of nitriles is 1. The van der Waals surface area contributed by atoms with Gasteiger partial charge in [-0.15, -0.1) is 0 Å². The number of anilines is 1. The number of hydrogen-bond donors (Lipinski definition) is 1. The Morgan fingerprint density at radius 2 is 2.36 bits per heavy atom. The molecule has 22 heavy (non-hydrogen) atoms. The lowest BCUT2D eigenvalue weighted by Crippen LogP contribution is -2.15. The van der Waals surface area contributed by atoms with Crippen LogP contribution >= 0.6 is 23.1 Å². The standard InChI is InChI=1S/C14H13FN4OS2/c1-8(21-2)3-12(20)19-14-11(5-16)18-13(22-14)9-4-10(15)7-17-6-9/h4,6-8H,3H2,1-2H3,(H,19,20). The van der Waals surface area contributed by atoms with Crippen LogP contribution in [0.3, 0.4) is 0 Å². The SMILES string of the molecule is CSC(C)CC(=O)Nc1sc(-c2cncc(F)c2)nc1C#N. The molecule has 114 valence electrons. The maximum absolute atomic E-state index is 13.2. The predicted molar refractivity (Wildman–Crippen MR) is 86.2 cm³/mol. The number of pyridine rings is 1. The lowest BCUT2D eigenvalue weighted by Gasteiger charge is -2.07. The first-order valence-electron chi connectivity index (χ1n) is 6.38. The van der Waals surface area contributed by atoms with E-state index < -0.39 is 5.82 Å². The summed E-state index contributed by atoms with van der Waals surface area (Å²) in [7, 11) is 0. The number of aromatic nitrogens is 2. The molecular weight excluding hydrogens is 323 g/mol. The van der Waals surface area contributed by atoms with Gasteiger partial charge in [-0.05, 0) is 12.3 Å². The molecule has 0 aliphatic carbocycles. The number of thioether (sulfide) groups is 1. The molecule has 0 radical (unpaired) electrons. The zero-order valence-electron chi connectivity index (χ0n) is 12.0. The second-order valence-electron chi connectivity index (χ2n) is 4.50. The fraction of sp³-hybridized carbons (Fsp3) is 0.286. The number of amides is 1. The van der Waals surface area contributed by atoms with Gasteiger partial charge in [0.05, 0.1) is 6.20 Å². The minimum Gasteiger partial charge on any atom is -0.315 e. The molecule has 0 bridgehead atoms. The summed E-state index contributed by atoms with van der Waals surface area (Å²) in [4.78, 5) is 19.8. The van der Waals surface area contributed by atoms with Crippen LogP contribution in [0.25, 0.3) is 10.6 Å². The van der Waals surface area contributed by atoms with Crippen molar-refractivity contribution >= 4 is 34.0 Å². The van der Waals surface area contributed by atoms with Crippen molar-refractivity contribution in [2.75, 3.05) is 11.6 Å². The third-order valence-electron chi connectivity index (χ3n) is 2.81. The highest BCUT2D eigenvalue weighted by Gasteiger charge is 2.16. The van der Waals surface area contributed by atoms with Gasteiger partial charge in [0.2, 0.25) is 5.91 Å². The first kappa shape index (κ1) is 16.4. The van der Waals surface area contributed by atoms with E-state index in [-0.39, 0.29) is 16.9 Å². The fourth-order valence-corrected chi connectivity index (χ4v) is 2.89. The van der Waals surface area contributed by atoms with Crippen molar-refractivity contribution in [3.8, 4) is 16.6 Å². The maximum atomic E-state index is 13.2. The molecule has 0 aromatic carbocycles. The van der Waals surface area contributed by atoms with Gasteiger partial charge in [0.25, 0.3) is 0 Å². The van der Waals surface area contributed by atoms with Crippen LogP contribution < -0.4 is 5.32 Å². The maximum Gasteiger partial charge on any atom is 0.226 e. The van der Waals surface area contributed by atoms with E-state index >= 15 is 0 Å². The molecule has 0 aliphatic heterocycles. The van der Waals surface area contributed by atoms with Gasteiger partial charge < -0.3 is 5.32 Å². The number of nitrogens with zero attached hydrogens (tertiary/aromatic N) is 3. The van der Waals surface area contributed by atoms with Crippen LogP contribution in [-0.2, 0) is 4.79 Å². The van der Waals surface area contributed by atoms with Crippen molar-refractivity contribution in [1.82, 2.24) is 9.97 Å². The molecule has 0 aliphatic rings. The number of carbonyl (C=O) groups is 1. The number of rotatable bonds is 5. The van der Waals surface area contributed by atoms with Gasteiger partial charge in [-0.1, -0.05) is 18.3 Å². The smallest absolute Gasteiger partial charge is 0.226 e. The van der Waals surface area contributed by atoms with Crippen molar-refractivity contribution in [1.29, 1.82) is 5.26 Å². The number of nitrogens with one attached hydrogen (secondary N) is 1. The Labute approximate surface area is 135 Å². The van der Waals surface area contributed by atoms with Crippen LogP contribution in [0.15, 0.2) is 18.5 Å². The Kier molecular flexibility index (Phi) is 5.46. The molecule has 0 saturated carbocycles.